The summed E-state index contributed by atoms with van der Waals surface area (Å²) in [6.45, 7) is 1.36. The number of thiophene rings is 1. The van der Waals surface area contributed by atoms with Gasteiger partial charge < -0.3 is 4.90 Å². The molecule has 0 aromatic carbocycles. The van der Waals surface area contributed by atoms with Crippen LogP contribution >= 0.6 is 27.3 Å². The van der Waals surface area contributed by atoms with E-state index < -0.39 is 0 Å². The lowest BCUT2D eigenvalue weighted by Gasteiger charge is -2.26. The number of hydrogen-bond acceptors (Lipinski definition) is 3. The summed E-state index contributed by atoms with van der Waals surface area (Å²) in [7, 11) is 0. The van der Waals surface area contributed by atoms with E-state index >= 15 is 0 Å². The Morgan fingerprint density at radius 3 is 3.11 bits per heavy atom. The van der Waals surface area contributed by atoms with Gasteiger partial charge in [0.1, 0.15) is 0 Å². The first-order valence-corrected chi connectivity index (χ1v) is 7.32. The van der Waals surface area contributed by atoms with Crippen molar-refractivity contribution in [2.45, 2.75) is 13.0 Å². The third-order valence-electron chi connectivity index (χ3n) is 2.98. The molecular weight excluding hydrogens is 312 g/mol. The summed E-state index contributed by atoms with van der Waals surface area (Å²) in [4.78, 5) is 19.6. The molecule has 0 atom stereocenters. The highest BCUT2D eigenvalue weighted by molar-refractivity contribution is 9.11. The van der Waals surface area contributed by atoms with Crippen LogP contribution in [0.15, 0.2) is 34.2 Å². The summed E-state index contributed by atoms with van der Waals surface area (Å²) >= 11 is 5.10. The van der Waals surface area contributed by atoms with Crippen LogP contribution in [0, 0.1) is 0 Å². The number of fused-ring (bicyclic) bond motifs is 1. The molecule has 0 unspecified atom stereocenters. The van der Waals surface area contributed by atoms with E-state index in [2.05, 4.69) is 20.9 Å². The molecule has 0 N–H and O–H groups in total. The van der Waals surface area contributed by atoms with Gasteiger partial charge in [-0.25, -0.2) is 0 Å². The monoisotopic (exact) mass is 322 g/mol. The summed E-state index contributed by atoms with van der Waals surface area (Å²) in [6, 6.07) is 7.71. The van der Waals surface area contributed by atoms with Gasteiger partial charge in [0.25, 0.3) is 5.91 Å². The molecule has 0 aliphatic carbocycles. The fourth-order valence-electron chi connectivity index (χ4n) is 2.11. The van der Waals surface area contributed by atoms with E-state index in [1.807, 2.05) is 29.2 Å². The maximum Gasteiger partial charge on any atom is 0.255 e. The van der Waals surface area contributed by atoms with Gasteiger partial charge in [0.05, 0.1) is 21.6 Å². The highest BCUT2D eigenvalue weighted by Crippen LogP contribution is 2.31. The molecule has 0 spiro atoms. The van der Waals surface area contributed by atoms with Crippen molar-refractivity contribution in [2.75, 3.05) is 6.54 Å². The Morgan fingerprint density at radius 2 is 2.33 bits per heavy atom. The lowest BCUT2D eigenvalue weighted by molar-refractivity contribution is 0.0727. The van der Waals surface area contributed by atoms with Crippen LogP contribution in [0.25, 0.3) is 0 Å². The van der Waals surface area contributed by atoms with Crippen molar-refractivity contribution in [1.82, 2.24) is 9.88 Å². The van der Waals surface area contributed by atoms with E-state index in [9.17, 15) is 4.79 Å². The zero-order chi connectivity index (χ0) is 12.5. The lowest BCUT2D eigenvalue weighted by atomic mass is 10.1. The third kappa shape index (κ3) is 2.20. The number of carbonyl (C=O) groups is 1. The summed E-state index contributed by atoms with van der Waals surface area (Å²) in [5.41, 5.74) is 1.78. The Labute approximate surface area is 118 Å². The van der Waals surface area contributed by atoms with Gasteiger partial charge in [0.15, 0.2) is 0 Å². The normalized spacial score (nSPS) is 14.7. The molecule has 1 amide bonds. The molecule has 2 aromatic heterocycles. The lowest BCUT2D eigenvalue weighted by Crippen LogP contribution is -2.36. The standard InChI is InChI=1S/C13H11BrN2OS/c14-12-7-10-11(18-12)4-6-16(13(10)17)8-9-3-1-2-5-15-9/h1-3,5,7H,4,6,8H2. The number of halogens is 1. The Hall–Kier alpha value is -1.20. The molecule has 1 aliphatic heterocycles. The van der Waals surface area contributed by atoms with Crippen molar-refractivity contribution in [3.63, 3.8) is 0 Å². The highest BCUT2D eigenvalue weighted by atomic mass is 79.9. The maximum atomic E-state index is 12.3. The number of amides is 1. The van der Waals surface area contributed by atoms with E-state index in [4.69, 9.17) is 0 Å². The number of rotatable bonds is 2. The van der Waals surface area contributed by atoms with Crippen LogP contribution in [0.5, 0.6) is 0 Å². The van der Waals surface area contributed by atoms with E-state index in [0.717, 1.165) is 28.0 Å². The number of nitrogens with zero attached hydrogens (tertiary/aromatic N) is 2. The molecule has 0 bridgehead atoms. The van der Waals surface area contributed by atoms with E-state index in [1.165, 1.54) is 4.88 Å². The Balaban J connectivity index is 1.82. The zero-order valence-corrected chi connectivity index (χ0v) is 12.0. The third-order valence-corrected chi connectivity index (χ3v) is 4.68. The number of hydrogen-bond donors (Lipinski definition) is 0. The molecule has 18 heavy (non-hydrogen) atoms. The molecule has 0 radical (unpaired) electrons. The van der Waals surface area contributed by atoms with Crippen molar-refractivity contribution in [3.05, 3.63) is 50.4 Å². The highest BCUT2D eigenvalue weighted by Gasteiger charge is 2.26. The minimum Gasteiger partial charge on any atom is -0.332 e. The van der Waals surface area contributed by atoms with Gasteiger partial charge in [-0.05, 0) is 34.1 Å². The van der Waals surface area contributed by atoms with E-state index in [0.29, 0.717) is 6.54 Å². The van der Waals surface area contributed by atoms with Crippen LogP contribution in [0.2, 0.25) is 0 Å². The van der Waals surface area contributed by atoms with Gasteiger partial charge in [0, 0.05) is 24.0 Å². The van der Waals surface area contributed by atoms with Crippen LogP contribution < -0.4 is 0 Å². The Morgan fingerprint density at radius 1 is 1.44 bits per heavy atom. The van der Waals surface area contributed by atoms with Gasteiger partial charge in [-0.15, -0.1) is 11.3 Å². The average Bonchev–Trinajstić information content (AvgIpc) is 2.76. The molecule has 0 fully saturated rings. The maximum absolute atomic E-state index is 12.3. The molecule has 0 saturated heterocycles. The second-order valence-corrected chi connectivity index (χ2v) is 6.70. The molecule has 1 aliphatic rings. The minimum atomic E-state index is 0.115. The molecule has 3 nitrogen and oxygen atoms in total. The molecule has 5 heteroatoms. The van der Waals surface area contributed by atoms with E-state index in [-0.39, 0.29) is 5.91 Å². The summed E-state index contributed by atoms with van der Waals surface area (Å²) in [6.07, 6.45) is 2.69. The zero-order valence-electron chi connectivity index (χ0n) is 9.60. The largest absolute Gasteiger partial charge is 0.332 e. The van der Waals surface area contributed by atoms with Gasteiger partial charge in [-0.3, -0.25) is 9.78 Å². The van der Waals surface area contributed by atoms with E-state index in [1.54, 1.807) is 17.5 Å². The Kier molecular flexibility index (Phi) is 3.18. The smallest absolute Gasteiger partial charge is 0.255 e. The van der Waals surface area contributed by atoms with Gasteiger partial charge in [-0.1, -0.05) is 6.07 Å². The predicted octanol–water partition coefficient (Wildman–Crippen LogP) is 3.10. The SMILES string of the molecule is O=C1c2cc(Br)sc2CCN1Cc1ccccn1. The molecule has 0 saturated carbocycles. The van der Waals surface area contributed by atoms with Gasteiger partial charge in [-0.2, -0.15) is 0 Å². The Bertz CT molecular complexity index is 582. The van der Waals surface area contributed by atoms with Crippen LogP contribution in [0.3, 0.4) is 0 Å². The van der Waals surface area contributed by atoms with Gasteiger partial charge >= 0.3 is 0 Å². The second-order valence-electron chi connectivity index (χ2n) is 4.19. The van der Waals surface area contributed by atoms with Crippen molar-refractivity contribution < 1.29 is 4.79 Å². The molecular formula is C13H11BrN2OS. The number of aromatic nitrogens is 1. The quantitative estimate of drug-likeness (QED) is 0.851. The first-order chi connectivity index (χ1) is 8.74. The first kappa shape index (κ1) is 11.9. The van der Waals surface area contributed by atoms with Crippen molar-refractivity contribution in [3.8, 4) is 0 Å². The summed E-state index contributed by atoms with van der Waals surface area (Å²) < 4.78 is 1.03. The minimum absolute atomic E-state index is 0.115. The van der Waals surface area contributed by atoms with Crippen LogP contribution in [0.1, 0.15) is 20.9 Å². The predicted molar refractivity (Wildman–Crippen MR) is 74.7 cm³/mol. The second kappa shape index (κ2) is 4.82. The van der Waals surface area contributed by atoms with Crippen molar-refractivity contribution >= 4 is 33.2 Å². The van der Waals surface area contributed by atoms with Crippen LogP contribution in [-0.2, 0) is 13.0 Å². The number of carbonyl (C=O) groups excluding carboxylic acids is 1. The fraction of sp³-hybridized carbons (Fsp3) is 0.231. The molecule has 2 aromatic rings. The first-order valence-electron chi connectivity index (χ1n) is 5.71. The summed E-state index contributed by atoms with van der Waals surface area (Å²) in [5, 5.41) is 0. The van der Waals surface area contributed by atoms with Crippen LogP contribution in [0.4, 0.5) is 0 Å². The number of pyridine rings is 1. The molecule has 3 heterocycles. The average molecular weight is 323 g/mol. The molecule has 3 rings (SSSR count). The fourth-order valence-corrected chi connectivity index (χ4v) is 3.79. The van der Waals surface area contributed by atoms with Crippen LogP contribution in [-0.4, -0.2) is 22.3 Å². The molecule has 92 valence electrons. The summed E-state index contributed by atoms with van der Waals surface area (Å²) in [5.74, 6) is 0.115. The van der Waals surface area contributed by atoms with Gasteiger partial charge in [0.2, 0.25) is 0 Å². The topological polar surface area (TPSA) is 33.2 Å². The van der Waals surface area contributed by atoms with Crippen molar-refractivity contribution in [2.24, 2.45) is 0 Å². The van der Waals surface area contributed by atoms with Crippen molar-refractivity contribution in [1.29, 1.82) is 0 Å².